The van der Waals surface area contributed by atoms with Gasteiger partial charge in [-0.05, 0) is 32.0 Å². The minimum absolute atomic E-state index is 0.379. The van der Waals surface area contributed by atoms with Gasteiger partial charge in [-0.15, -0.1) is 0 Å². The number of ether oxygens (including phenoxy) is 1. The van der Waals surface area contributed by atoms with Crippen LogP contribution in [0.1, 0.15) is 25.5 Å². The van der Waals surface area contributed by atoms with E-state index in [0.717, 1.165) is 5.39 Å². The molecule has 4 N–H and O–H groups in total. The first-order valence-electron chi connectivity index (χ1n) is 6.17. The van der Waals surface area contributed by atoms with Gasteiger partial charge in [0.1, 0.15) is 16.9 Å². The van der Waals surface area contributed by atoms with Crippen LogP contribution in [-0.4, -0.2) is 11.6 Å². The van der Waals surface area contributed by atoms with Crippen LogP contribution in [0, 0.1) is 0 Å². The maximum absolute atomic E-state index is 11.4. The molecule has 1 aliphatic heterocycles. The summed E-state index contributed by atoms with van der Waals surface area (Å²) in [6.07, 6.45) is 0. The third-order valence-corrected chi connectivity index (χ3v) is 3.68. The second-order valence-electron chi connectivity index (χ2n) is 5.41. The number of fused-ring (bicyclic) bond motifs is 3. The molecule has 0 bridgehead atoms. The van der Waals surface area contributed by atoms with E-state index in [2.05, 4.69) is 0 Å². The summed E-state index contributed by atoms with van der Waals surface area (Å²) in [5.74, 6) is 0.626. The Bertz CT molecular complexity index is 705. The number of hydrogen-bond donors (Lipinski definition) is 2. The van der Waals surface area contributed by atoms with E-state index in [4.69, 9.17) is 20.6 Å². The average Bonchev–Trinajstić information content (AvgIpc) is 2.35. The van der Waals surface area contributed by atoms with Gasteiger partial charge in [-0.3, -0.25) is 0 Å². The topological polar surface area (TPSA) is 91.5 Å². The minimum Gasteiger partial charge on any atom is -0.486 e. The van der Waals surface area contributed by atoms with Crippen molar-refractivity contribution in [1.82, 2.24) is 0 Å². The smallest absolute Gasteiger partial charge is 0.336 e. The lowest BCUT2D eigenvalue weighted by Gasteiger charge is -2.41. The van der Waals surface area contributed by atoms with Crippen molar-refractivity contribution in [2.24, 2.45) is 11.5 Å². The van der Waals surface area contributed by atoms with E-state index in [1.807, 2.05) is 26.0 Å². The molecule has 0 amide bonds. The molecule has 0 fully saturated rings. The number of benzene rings is 1. The molecule has 100 valence electrons. The van der Waals surface area contributed by atoms with Crippen LogP contribution in [0.2, 0.25) is 0 Å². The second kappa shape index (κ2) is 3.82. The minimum atomic E-state index is -0.560. The number of nitrogens with two attached hydrogens (primary N) is 2. The Morgan fingerprint density at radius 2 is 1.84 bits per heavy atom. The maximum Gasteiger partial charge on any atom is 0.336 e. The van der Waals surface area contributed by atoms with Crippen molar-refractivity contribution >= 4 is 11.0 Å². The molecule has 2 atom stereocenters. The quantitative estimate of drug-likeness (QED) is 0.696. The molecule has 19 heavy (non-hydrogen) atoms. The molecule has 5 nitrogen and oxygen atoms in total. The van der Waals surface area contributed by atoms with Gasteiger partial charge >= 0.3 is 5.63 Å². The SMILES string of the molecule is CC1(C)Oc2ccc3ccc(=O)oc3c2C(N)C1N. The molecule has 0 saturated heterocycles. The highest BCUT2D eigenvalue weighted by atomic mass is 16.5. The zero-order chi connectivity index (χ0) is 13.8. The monoisotopic (exact) mass is 260 g/mol. The molecular weight excluding hydrogens is 244 g/mol. The van der Waals surface area contributed by atoms with Gasteiger partial charge in [0.2, 0.25) is 0 Å². The fourth-order valence-electron chi connectivity index (χ4n) is 2.50. The van der Waals surface area contributed by atoms with E-state index < -0.39 is 17.3 Å². The predicted octanol–water partition coefficient (Wildman–Crippen LogP) is 1.29. The molecule has 2 unspecified atom stereocenters. The van der Waals surface area contributed by atoms with Gasteiger partial charge in [0, 0.05) is 11.5 Å². The van der Waals surface area contributed by atoms with E-state index in [-0.39, 0.29) is 6.04 Å². The Hall–Kier alpha value is -1.85. The normalized spacial score (nSPS) is 24.8. The van der Waals surface area contributed by atoms with Crippen molar-refractivity contribution in [2.45, 2.75) is 31.5 Å². The molecule has 0 spiro atoms. The first-order valence-corrected chi connectivity index (χ1v) is 6.17. The zero-order valence-electron chi connectivity index (χ0n) is 10.8. The van der Waals surface area contributed by atoms with Crippen LogP contribution >= 0.6 is 0 Å². The van der Waals surface area contributed by atoms with Crippen molar-refractivity contribution in [3.8, 4) is 5.75 Å². The number of hydrogen-bond acceptors (Lipinski definition) is 5. The van der Waals surface area contributed by atoms with E-state index >= 15 is 0 Å². The zero-order valence-corrected chi connectivity index (χ0v) is 10.8. The van der Waals surface area contributed by atoms with Crippen LogP contribution in [-0.2, 0) is 0 Å². The van der Waals surface area contributed by atoms with Crippen molar-refractivity contribution in [2.75, 3.05) is 0 Å². The Balaban J connectivity index is 2.33. The van der Waals surface area contributed by atoms with Crippen LogP contribution in [0.3, 0.4) is 0 Å². The van der Waals surface area contributed by atoms with Crippen molar-refractivity contribution in [3.63, 3.8) is 0 Å². The lowest BCUT2D eigenvalue weighted by atomic mass is 9.85. The Kier molecular flexibility index (Phi) is 2.45. The summed E-state index contributed by atoms with van der Waals surface area (Å²) >= 11 is 0. The van der Waals surface area contributed by atoms with E-state index in [1.54, 1.807) is 6.07 Å². The maximum atomic E-state index is 11.4. The number of rotatable bonds is 0. The summed E-state index contributed by atoms with van der Waals surface area (Å²) in [5, 5.41) is 0.810. The molecule has 5 heteroatoms. The molecule has 1 aliphatic rings. The van der Waals surface area contributed by atoms with E-state index in [9.17, 15) is 4.79 Å². The van der Waals surface area contributed by atoms with Gasteiger partial charge in [0.25, 0.3) is 0 Å². The Morgan fingerprint density at radius 1 is 1.16 bits per heavy atom. The van der Waals surface area contributed by atoms with Gasteiger partial charge in [0.15, 0.2) is 0 Å². The molecule has 0 aliphatic carbocycles. The summed E-state index contributed by atoms with van der Waals surface area (Å²) in [5.41, 5.74) is 12.5. The van der Waals surface area contributed by atoms with Crippen molar-refractivity contribution in [3.05, 3.63) is 40.2 Å². The summed E-state index contributed by atoms with van der Waals surface area (Å²) in [7, 11) is 0. The van der Waals surface area contributed by atoms with E-state index in [0.29, 0.717) is 16.9 Å². The molecule has 1 aromatic heterocycles. The molecule has 2 heterocycles. The van der Waals surface area contributed by atoms with Crippen LogP contribution in [0.25, 0.3) is 11.0 Å². The van der Waals surface area contributed by atoms with Crippen LogP contribution in [0.5, 0.6) is 5.75 Å². The van der Waals surface area contributed by atoms with Gasteiger partial charge in [0.05, 0.1) is 17.6 Å². The molecular formula is C14H16N2O3. The molecule has 0 saturated carbocycles. The summed E-state index contributed by atoms with van der Waals surface area (Å²) in [6, 6.07) is 5.96. The van der Waals surface area contributed by atoms with E-state index in [1.165, 1.54) is 6.07 Å². The van der Waals surface area contributed by atoms with Crippen LogP contribution < -0.4 is 21.8 Å². The van der Waals surface area contributed by atoms with Gasteiger partial charge in [-0.25, -0.2) is 4.79 Å². The highest BCUT2D eigenvalue weighted by Gasteiger charge is 2.41. The van der Waals surface area contributed by atoms with Crippen molar-refractivity contribution < 1.29 is 9.15 Å². The highest BCUT2D eigenvalue weighted by Crippen LogP contribution is 2.41. The van der Waals surface area contributed by atoms with Crippen LogP contribution in [0.4, 0.5) is 0 Å². The first-order chi connectivity index (χ1) is 8.90. The molecule has 3 rings (SSSR count). The summed E-state index contributed by atoms with van der Waals surface area (Å²) in [4.78, 5) is 11.4. The Labute approximate surface area is 110 Å². The first kappa shape index (κ1) is 12.2. The fraction of sp³-hybridized carbons (Fsp3) is 0.357. The fourth-order valence-corrected chi connectivity index (χ4v) is 2.50. The third kappa shape index (κ3) is 1.74. The lowest BCUT2D eigenvalue weighted by Crippen LogP contribution is -2.56. The average molecular weight is 260 g/mol. The predicted molar refractivity (Wildman–Crippen MR) is 72.1 cm³/mol. The summed E-state index contributed by atoms with van der Waals surface area (Å²) < 4.78 is 11.2. The third-order valence-electron chi connectivity index (χ3n) is 3.68. The lowest BCUT2D eigenvalue weighted by molar-refractivity contribution is 0.0510. The molecule has 2 aromatic rings. The largest absolute Gasteiger partial charge is 0.486 e. The van der Waals surface area contributed by atoms with Gasteiger partial charge < -0.3 is 20.6 Å². The van der Waals surface area contributed by atoms with Gasteiger partial charge in [-0.1, -0.05) is 0 Å². The van der Waals surface area contributed by atoms with Gasteiger partial charge in [-0.2, -0.15) is 0 Å². The molecule has 1 aromatic carbocycles. The second-order valence-corrected chi connectivity index (χ2v) is 5.41. The van der Waals surface area contributed by atoms with Crippen LogP contribution in [0.15, 0.2) is 33.5 Å². The Morgan fingerprint density at radius 3 is 2.58 bits per heavy atom. The highest BCUT2D eigenvalue weighted by molar-refractivity contribution is 5.83. The summed E-state index contributed by atoms with van der Waals surface area (Å²) in [6.45, 7) is 3.79. The standard InChI is InChI=1S/C14H16N2O3/c1-14(2)13(16)11(15)10-8(19-14)5-3-7-4-6-9(17)18-12(7)10/h3-6,11,13H,15-16H2,1-2H3. The molecule has 0 radical (unpaired) electrons. The van der Waals surface area contributed by atoms with Crippen molar-refractivity contribution in [1.29, 1.82) is 0 Å².